The first-order chi connectivity index (χ1) is 8.98. The minimum Gasteiger partial charge on any atom is -0.337 e. The van der Waals surface area contributed by atoms with E-state index in [0.717, 1.165) is 6.54 Å². The summed E-state index contributed by atoms with van der Waals surface area (Å²) in [6.07, 6.45) is 3.75. The Morgan fingerprint density at radius 1 is 1.21 bits per heavy atom. The number of rotatable bonds is 4. The molecule has 1 aromatic carbocycles. The minimum absolute atomic E-state index is 0.167. The van der Waals surface area contributed by atoms with Crippen LogP contribution in [0.1, 0.15) is 38.1 Å². The van der Waals surface area contributed by atoms with E-state index in [-0.39, 0.29) is 5.41 Å². The van der Waals surface area contributed by atoms with E-state index in [1.165, 1.54) is 11.3 Å². The van der Waals surface area contributed by atoms with E-state index in [1.54, 1.807) is 0 Å². The molecule has 2 aromatic rings. The molecule has 3 nitrogen and oxygen atoms in total. The average molecular weight is 257 g/mol. The minimum atomic E-state index is 0.167. The smallest absolute Gasteiger partial charge is 0.0945 e. The van der Waals surface area contributed by atoms with Crippen LogP contribution >= 0.6 is 0 Å². The number of hydrogen-bond acceptors (Lipinski definition) is 2. The van der Waals surface area contributed by atoms with Crippen LogP contribution in [0.2, 0.25) is 0 Å². The summed E-state index contributed by atoms with van der Waals surface area (Å²) in [7, 11) is 2.03. The second kappa shape index (κ2) is 5.57. The summed E-state index contributed by atoms with van der Waals surface area (Å²) in [4.78, 5) is 4.16. The SMILES string of the molecule is Cn1cncc1CNC(c1ccccc1)C(C)(C)C. The monoisotopic (exact) mass is 257 g/mol. The van der Waals surface area contributed by atoms with Crippen molar-refractivity contribution in [3.05, 3.63) is 54.1 Å². The molecule has 0 bridgehead atoms. The van der Waals surface area contributed by atoms with Crippen LogP contribution in [0.4, 0.5) is 0 Å². The Balaban J connectivity index is 2.14. The van der Waals surface area contributed by atoms with Crippen LogP contribution in [0, 0.1) is 5.41 Å². The van der Waals surface area contributed by atoms with Gasteiger partial charge in [0, 0.05) is 25.8 Å². The molecule has 1 unspecified atom stereocenters. The van der Waals surface area contributed by atoms with Crippen LogP contribution in [-0.4, -0.2) is 9.55 Å². The maximum absolute atomic E-state index is 4.16. The number of nitrogens with one attached hydrogen (secondary N) is 1. The molecule has 1 N–H and O–H groups in total. The van der Waals surface area contributed by atoms with Gasteiger partial charge < -0.3 is 9.88 Å². The molecule has 1 heterocycles. The predicted molar refractivity (Wildman–Crippen MR) is 78.7 cm³/mol. The first-order valence-electron chi connectivity index (χ1n) is 6.72. The molecule has 1 atom stereocenters. The fourth-order valence-electron chi connectivity index (χ4n) is 2.33. The van der Waals surface area contributed by atoms with Crippen LogP contribution in [0.5, 0.6) is 0 Å². The van der Waals surface area contributed by atoms with E-state index < -0.39 is 0 Å². The van der Waals surface area contributed by atoms with E-state index in [0.29, 0.717) is 6.04 Å². The standard InChI is InChI=1S/C16H23N3/c1-16(2,3)15(13-8-6-5-7-9-13)18-11-14-10-17-12-19(14)4/h5-10,12,15,18H,11H2,1-4H3. The molecule has 2 rings (SSSR count). The van der Waals surface area contributed by atoms with E-state index in [2.05, 4.69) is 66.0 Å². The third kappa shape index (κ3) is 3.44. The summed E-state index contributed by atoms with van der Waals surface area (Å²) in [6.45, 7) is 7.62. The molecule has 3 heteroatoms. The van der Waals surface area contributed by atoms with E-state index in [1.807, 2.05) is 19.6 Å². The highest BCUT2D eigenvalue weighted by Crippen LogP contribution is 2.32. The average Bonchev–Trinajstić information content (AvgIpc) is 2.75. The van der Waals surface area contributed by atoms with Gasteiger partial charge in [-0.3, -0.25) is 0 Å². The molecule has 19 heavy (non-hydrogen) atoms. The van der Waals surface area contributed by atoms with Gasteiger partial charge in [0.15, 0.2) is 0 Å². The molecule has 0 aliphatic rings. The molecular weight excluding hydrogens is 234 g/mol. The third-order valence-corrected chi connectivity index (χ3v) is 3.40. The molecule has 0 spiro atoms. The van der Waals surface area contributed by atoms with Crippen molar-refractivity contribution in [2.75, 3.05) is 0 Å². The van der Waals surface area contributed by atoms with Crippen LogP contribution in [0.25, 0.3) is 0 Å². The Bertz CT molecular complexity index is 508. The normalized spacial score (nSPS) is 13.5. The molecule has 0 saturated heterocycles. The topological polar surface area (TPSA) is 29.9 Å². The number of benzene rings is 1. The van der Waals surface area contributed by atoms with Gasteiger partial charge in [-0.15, -0.1) is 0 Å². The van der Waals surface area contributed by atoms with E-state index in [9.17, 15) is 0 Å². The lowest BCUT2D eigenvalue weighted by Gasteiger charge is -2.32. The van der Waals surface area contributed by atoms with Crippen molar-refractivity contribution < 1.29 is 0 Å². The van der Waals surface area contributed by atoms with Gasteiger partial charge >= 0.3 is 0 Å². The number of nitrogens with zero attached hydrogens (tertiary/aromatic N) is 2. The van der Waals surface area contributed by atoms with Gasteiger partial charge in [0.1, 0.15) is 0 Å². The predicted octanol–water partition coefficient (Wildman–Crippen LogP) is 3.30. The maximum Gasteiger partial charge on any atom is 0.0945 e. The third-order valence-electron chi connectivity index (χ3n) is 3.40. The summed E-state index contributed by atoms with van der Waals surface area (Å²) in [5.74, 6) is 0. The summed E-state index contributed by atoms with van der Waals surface area (Å²) in [5.41, 5.74) is 2.70. The molecule has 0 amide bonds. The molecule has 0 aliphatic carbocycles. The second-order valence-corrected chi connectivity index (χ2v) is 6.09. The Labute approximate surface area is 115 Å². The first-order valence-corrected chi connectivity index (χ1v) is 6.72. The lowest BCUT2D eigenvalue weighted by molar-refractivity contribution is 0.269. The number of hydrogen-bond donors (Lipinski definition) is 1. The lowest BCUT2D eigenvalue weighted by atomic mass is 9.82. The summed E-state index contributed by atoms with van der Waals surface area (Å²) >= 11 is 0. The summed E-state index contributed by atoms with van der Waals surface area (Å²) in [5, 5.41) is 3.66. The molecule has 102 valence electrons. The molecule has 0 saturated carbocycles. The van der Waals surface area contributed by atoms with Crippen LogP contribution in [0.3, 0.4) is 0 Å². The summed E-state index contributed by atoms with van der Waals surface area (Å²) < 4.78 is 2.05. The van der Waals surface area contributed by atoms with Crippen molar-refractivity contribution in [3.8, 4) is 0 Å². The Morgan fingerprint density at radius 3 is 2.42 bits per heavy atom. The van der Waals surface area contributed by atoms with Gasteiger partial charge in [-0.2, -0.15) is 0 Å². The van der Waals surface area contributed by atoms with Crippen molar-refractivity contribution in [3.63, 3.8) is 0 Å². The van der Waals surface area contributed by atoms with Crippen molar-refractivity contribution in [2.24, 2.45) is 12.5 Å². The number of aryl methyl sites for hydroxylation is 1. The first kappa shape index (κ1) is 13.8. The quantitative estimate of drug-likeness (QED) is 0.910. The highest BCUT2D eigenvalue weighted by atomic mass is 15.1. The maximum atomic E-state index is 4.16. The molecule has 0 aliphatic heterocycles. The van der Waals surface area contributed by atoms with Crippen LogP contribution in [0.15, 0.2) is 42.9 Å². The van der Waals surface area contributed by atoms with Gasteiger partial charge in [0.2, 0.25) is 0 Å². The zero-order valence-corrected chi connectivity index (χ0v) is 12.2. The Kier molecular flexibility index (Phi) is 4.05. The zero-order chi connectivity index (χ0) is 13.9. The lowest BCUT2D eigenvalue weighted by Crippen LogP contribution is -2.32. The van der Waals surface area contributed by atoms with Crippen molar-refractivity contribution >= 4 is 0 Å². The molecule has 0 radical (unpaired) electrons. The highest BCUT2D eigenvalue weighted by Gasteiger charge is 2.25. The van der Waals surface area contributed by atoms with E-state index >= 15 is 0 Å². The van der Waals surface area contributed by atoms with Gasteiger partial charge in [-0.05, 0) is 11.0 Å². The van der Waals surface area contributed by atoms with Gasteiger partial charge in [0.05, 0.1) is 12.0 Å². The number of aromatic nitrogens is 2. The van der Waals surface area contributed by atoms with Crippen molar-refractivity contribution in [1.29, 1.82) is 0 Å². The Hall–Kier alpha value is -1.61. The largest absolute Gasteiger partial charge is 0.337 e. The van der Waals surface area contributed by atoms with Crippen LogP contribution in [-0.2, 0) is 13.6 Å². The fourth-order valence-corrected chi connectivity index (χ4v) is 2.33. The van der Waals surface area contributed by atoms with Gasteiger partial charge in [-0.1, -0.05) is 51.1 Å². The van der Waals surface area contributed by atoms with Gasteiger partial charge in [0.25, 0.3) is 0 Å². The number of imidazole rings is 1. The second-order valence-electron chi connectivity index (χ2n) is 6.09. The molecule has 0 fully saturated rings. The Morgan fingerprint density at radius 2 is 1.89 bits per heavy atom. The molecular formula is C16H23N3. The van der Waals surface area contributed by atoms with Gasteiger partial charge in [-0.25, -0.2) is 4.98 Å². The highest BCUT2D eigenvalue weighted by molar-refractivity contribution is 5.21. The van der Waals surface area contributed by atoms with Crippen molar-refractivity contribution in [2.45, 2.75) is 33.4 Å². The summed E-state index contributed by atoms with van der Waals surface area (Å²) in [6, 6.07) is 11.0. The van der Waals surface area contributed by atoms with Crippen LogP contribution < -0.4 is 5.32 Å². The van der Waals surface area contributed by atoms with E-state index in [4.69, 9.17) is 0 Å². The molecule has 1 aromatic heterocycles. The fraction of sp³-hybridized carbons (Fsp3) is 0.438. The zero-order valence-electron chi connectivity index (χ0n) is 12.2. The van der Waals surface area contributed by atoms with Crippen molar-refractivity contribution in [1.82, 2.24) is 14.9 Å².